The predicted octanol–water partition coefficient (Wildman–Crippen LogP) is 2.79. The molecule has 1 aromatic carbocycles. The lowest BCUT2D eigenvalue weighted by molar-refractivity contribution is 0.0560. The molecule has 5 heteroatoms. The highest BCUT2D eigenvalue weighted by Gasteiger charge is 2.35. The van der Waals surface area contributed by atoms with Crippen LogP contribution in [-0.4, -0.2) is 41.1 Å². The van der Waals surface area contributed by atoms with Crippen molar-refractivity contribution in [1.82, 2.24) is 10.2 Å². The number of hydrogen-bond donors (Lipinski definition) is 2. The molecular weight excluding hydrogens is 288 g/mol. The highest BCUT2D eigenvalue weighted by atomic mass is 35.5. The monoisotopic (exact) mass is 308 g/mol. The molecule has 4 nitrogen and oxygen atoms in total. The molecule has 1 aromatic rings. The molecule has 114 valence electrons. The van der Waals surface area contributed by atoms with Crippen molar-refractivity contribution < 1.29 is 9.90 Å². The van der Waals surface area contributed by atoms with Gasteiger partial charge in [0.25, 0.3) is 5.91 Å². The topological polar surface area (TPSA) is 52.6 Å². The number of phenolic OH excluding ortho intramolecular Hbond substituents is 1. The summed E-state index contributed by atoms with van der Waals surface area (Å²) in [5, 5.41) is 13.9. The number of hydrogen-bond acceptors (Lipinski definition) is 3. The summed E-state index contributed by atoms with van der Waals surface area (Å²) in [6.07, 6.45) is 5.54. The number of nitrogens with zero attached hydrogens (tertiary/aromatic N) is 1. The van der Waals surface area contributed by atoms with E-state index in [0.29, 0.717) is 16.6 Å². The van der Waals surface area contributed by atoms with Crippen LogP contribution in [0.2, 0.25) is 5.02 Å². The molecule has 2 N–H and O–H groups in total. The van der Waals surface area contributed by atoms with E-state index in [-0.39, 0.29) is 17.7 Å². The Labute approximate surface area is 130 Å². The van der Waals surface area contributed by atoms with Crippen LogP contribution in [-0.2, 0) is 0 Å². The van der Waals surface area contributed by atoms with Crippen LogP contribution in [0, 0.1) is 0 Å². The molecule has 1 amide bonds. The van der Waals surface area contributed by atoms with Crippen LogP contribution in [0.15, 0.2) is 18.2 Å². The molecule has 0 radical (unpaired) electrons. The molecule has 2 aliphatic heterocycles. The van der Waals surface area contributed by atoms with E-state index in [2.05, 4.69) is 5.32 Å². The Morgan fingerprint density at radius 1 is 1.29 bits per heavy atom. The minimum Gasteiger partial charge on any atom is -0.507 e. The molecule has 0 bridgehead atoms. The first-order valence-electron chi connectivity index (χ1n) is 7.69. The Balaban J connectivity index is 1.83. The summed E-state index contributed by atoms with van der Waals surface area (Å²) in [7, 11) is 0. The molecule has 0 aromatic heterocycles. The smallest absolute Gasteiger partial charge is 0.257 e. The minimum atomic E-state index is -0.0810. The summed E-state index contributed by atoms with van der Waals surface area (Å²) >= 11 is 5.84. The summed E-state index contributed by atoms with van der Waals surface area (Å²) in [6.45, 7) is 1.80. The molecule has 0 spiro atoms. The fourth-order valence-electron chi connectivity index (χ4n) is 3.51. The molecule has 2 aliphatic rings. The van der Waals surface area contributed by atoms with E-state index < -0.39 is 0 Å². The Kier molecular flexibility index (Phi) is 4.36. The molecule has 2 unspecified atom stereocenters. The van der Waals surface area contributed by atoms with Gasteiger partial charge in [-0.3, -0.25) is 4.79 Å². The quantitative estimate of drug-likeness (QED) is 0.883. The number of piperidine rings is 1. The van der Waals surface area contributed by atoms with Crippen LogP contribution >= 0.6 is 11.6 Å². The first kappa shape index (κ1) is 14.7. The van der Waals surface area contributed by atoms with Crippen LogP contribution in [0.25, 0.3) is 0 Å². The van der Waals surface area contributed by atoms with Gasteiger partial charge in [-0.1, -0.05) is 11.6 Å². The summed E-state index contributed by atoms with van der Waals surface area (Å²) < 4.78 is 0. The molecule has 2 saturated heterocycles. The number of phenols is 1. The number of rotatable bonds is 2. The zero-order valence-corrected chi connectivity index (χ0v) is 12.8. The highest BCUT2D eigenvalue weighted by Crippen LogP contribution is 2.29. The summed E-state index contributed by atoms with van der Waals surface area (Å²) in [5.74, 6) is -0.112. The van der Waals surface area contributed by atoms with Gasteiger partial charge in [-0.25, -0.2) is 0 Å². The van der Waals surface area contributed by atoms with Crippen LogP contribution in [0.3, 0.4) is 0 Å². The minimum absolute atomic E-state index is 0.0313. The number of benzene rings is 1. The number of amides is 1. The third kappa shape index (κ3) is 3.01. The van der Waals surface area contributed by atoms with E-state index in [9.17, 15) is 9.90 Å². The molecule has 2 fully saturated rings. The van der Waals surface area contributed by atoms with Gasteiger partial charge in [0.15, 0.2) is 0 Å². The Morgan fingerprint density at radius 3 is 2.86 bits per heavy atom. The van der Waals surface area contributed by atoms with E-state index in [4.69, 9.17) is 11.6 Å². The zero-order valence-electron chi connectivity index (χ0n) is 12.0. The van der Waals surface area contributed by atoms with Gasteiger partial charge < -0.3 is 15.3 Å². The molecular formula is C16H21ClN2O2. The van der Waals surface area contributed by atoms with Crippen molar-refractivity contribution >= 4 is 17.5 Å². The first-order chi connectivity index (χ1) is 10.2. The second kappa shape index (κ2) is 6.24. The number of carbonyl (C=O) groups is 1. The van der Waals surface area contributed by atoms with Gasteiger partial charge in [-0.05, 0) is 56.8 Å². The Morgan fingerprint density at radius 2 is 2.14 bits per heavy atom. The van der Waals surface area contributed by atoms with Gasteiger partial charge in [0.1, 0.15) is 5.75 Å². The average molecular weight is 309 g/mol. The van der Waals surface area contributed by atoms with Crippen molar-refractivity contribution in [2.75, 3.05) is 13.1 Å². The molecule has 0 aliphatic carbocycles. The molecule has 21 heavy (non-hydrogen) atoms. The van der Waals surface area contributed by atoms with Crippen molar-refractivity contribution in [3.63, 3.8) is 0 Å². The molecule has 0 saturated carbocycles. The second-order valence-electron chi connectivity index (χ2n) is 5.93. The van der Waals surface area contributed by atoms with Crippen LogP contribution in [0.1, 0.15) is 42.5 Å². The third-order valence-corrected chi connectivity index (χ3v) is 4.80. The predicted molar refractivity (Wildman–Crippen MR) is 82.8 cm³/mol. The van der Waals surface area contributed by atoms with Crippen molar-refractivity contribution in [2.45, 2.75) is 44.2 Å². The Bertz CT molecular complexity index is 529. The summed E-state index contributed by atoms with van der Waals surface area (Å²) in [5.41, 5.74) is 0.351. The maximum absolute atomic E-state index is 12.8. The van der Waals surface area contributed by atoms with E-state index in [0.717, 1.165) is 32.4 Å². The fraction of sp³-hybridized carbons (Fsp3) is 0.562. The normalized spacial score (nSPS) is 26.0. The molecule has 2 atom stereocenters. The average Bonchev–Trinajstić information content (AvgIpc) is 3.01. The second-order valence-corrected chi connectivity index (χ2v) is 6.36. The van der Waals surface area contributed by atoms with Crippen molar-refractivity contribution in [2.24, 2.45) is 0 Å². The summed E-state index contributed by atoms with van der Waals surface area (Å²) in [4.78, 5) is 14.7. The van der Waals surface area contributed by atoms with E-state index in [1.54, 1.807) is 12.1 Å². The van der Waals surface area contributed by atoms with Crippen molar-refractivity contribution in [1.29, 1.82) is 0 Å². The maximum atomic E-state index is 12.8. The van der Waals surface area contributed by atoms with Gasteiger partial charge in [-0.15, -0.1) is 0 Å². The lowest BCUT2D eigenvalue weighted by Gasteiger charge is -2.39. The van der Waals surface area contributed by atoms with Gasteiger partial charge in [0, 0.05) is 23.7 Å². The SMILES string of the molecule is O=C(c1ccc(Cl)cc1O)N1CCCCC1C1CCCN1. The van der Waals surface area contributed by atoms with Crippen LogP contribution in [0.5, 0.6) is 5.75 Å². The highest BCUT2D eigenvalue weighted by molar-refractivity contribution is 6.30. The van der Waals surface area contributed by atoms with Crippen molar-refractivity contribution in [3.8, 4) is 5.75 Å². The van der Waals surface area contributed by atoms with Crippen LogP contribution in [0.4, 0.5) is 0 Å². The van der Waals surface area contributed by atoms with Gasteiger partial charge in [0.2, 0.25) is 0 Å². The summed E-state index contributed by atoms with van der Waals surface area (Å²) in [6, 6.07) is 5.34. The number of carbonyl (C=O) groups excluding carboxylic acids is 1. The number of nitrogens with one attached hydrogen (secondary N) is 1. The Hall–Kier alpha value is -1.26. The standard InChI is InChI=1S/C16H21ClN2O2/c17-11-6-7-12(15(20)10-11)16(21)19-9-2-1-5-14(19)13-4-3-8-18-13/h6-7,10,13-14,18,20H,1-5,8-9H2. The van der Waals surface area contributed by atoms with E-state index in [1.165, 1.54) is 18.9 Å². The molecule has 3 rings (SSSR count). The first-order valence-corrected chi connectivity index (χ1v) is 8.07. The van der Waals surface area contributed by atoms with Gasteiger partial charge in [-0.2, -0.15) is 0 Å². The van der Waals surface area contributed by atoms with Crippen LogP contribution < -0.4 is 5.32 Å². The van der Waals surface area contributed by atoms with Gasteiger partial charge in [0.05, 0.1) is 5.56 Å². The van der Waals surface area contributed by atoms with Crippen molar-refractivity contribution in [3.05, 3.63) is 28.8 Å². The van der Waals surface area contributed by atoms with E-state index in [1.807, 2.05) is 4.90 Å². The number of halogens is 1. The van der Waals surface area contributed by atoms with Gasteiger partial charge >= 0.3 is 0 Å². The van der Waals surface area contributed by atoms with E-state index >= 15 is 0 Å². The largest absolute Gasteiger partial charge is 0.507 e. The lowest BCUT2D eigenvalue weighted by Crippen LogP contribution is -2.52. The molecule has 2 heterocycles. The number of likely N-dealkylation sites (tertiary alicyclic amines) is 1. The maximum Gasteiger partial charge on any atom is 0.257 e. The third-order valence-electron chi connectivity index (χ3n) is 4.56. The fourth-order valence-corrected chi connectivity index (χ4v) is 3.67. The number of aromatic hydroxyl groups is 1. The zero-order chi connectivity index (χ0) is 14.8. The lowest BCUT2D eigenvalue weighted by atomic mass is 9.93.